The van der Waals surface area contributed by atoms with Crippen molar-refractivity contribution in [2.24, 2.45) is 5.92 Å². The number of benzene rings is 2. The Labute approximate surface area is 255 Å². The van der Waals surface area contributed by atoms with Crippen molar-refractivity contribution < 1.29 is 23.0 Å². The number of hydrogen-bond acceptors (Lipinski definition) is 8. The van der Waals surface area contributed by atoms with Crippen molar-refractivity contribution in [2.45, 2.75) is 38.8 Å². The van der Waals surface area contributed by atoms with Gasteiger partial charge < -0.3 is 14.8 Å². The van der Waals surface area contributed by atoms with Gasteiger partial charge in [0.15, 0.2) is 28.8 Å². The first-order valence-electron chi connectivity index (χ1n) is 14.4. The number of carbonyl (C=O) groups is 1. The molecule has 2 N–H and O–H groups in total. The summed E-state index contributed by atoms with van der Waals surface area (Å²) in [5, 5.41) is 10.8. The highest BCUT2D eigenvalue weighted by Crippen LogP contribution is 2.34. The van der Waals surface area contributed by atoms with Crippen LogP contribution in [0.1, 0.15) is 35.7 Å². The molecule has 3 heterocycles. The lowest BCUT2D eigenvalue weighted by molar-refractivity contribution is 0.0990. The van der Waals surface area contributed by atoms with Gasteiger partial charge in [0.1, 0.15) is 22.5 Å². The summed E-state index contributed by atoms with van der Waals surface area (Å²) in [4.78, 5) is 44.3. The van der Waals surface area contributed by atoms with E-state index in [0.717, 1.165) is 29.5 Å². The number of pyridine rings is 1. The Morgan fingerprint density at radius 2 is 1.89 bits per heavy atom. The lowest BCUT2D eigenvalue weighted by Crippen LogP contribution is -2.41. The molecule has 0 bridgehead atoms. The fourth-order valence-electron chi connectivity index (χ4n) is 5.09. The molecule has 5 aromatic rings. The molecule has 1 atom stereocenters. The zero-order valence-electron chi connectivity index (χ0n) is 24.5. The minimum Gasteiger partial charge on any atom is -0.453 e. The van der Waals surface area contributed by atoms with E-state index in [2.05, 4.69) is 20.5 Å². The van der Waals surface area contributed by atoms with Crippen LogP contribution < -0.4 is 21.3 Å². The van der Waals surface area contributed by atoms with E-state index < -0.39 is 28.7 Å². The van der Waals surface area contributed by atoms with E-state index in [-0.39, 0.29) is 35.4 Å². The summed E-state index contributed by atoms with van der Waals surface area (Å²) in [5.74, 6) is -0.888. The van der Waals surface area contributed by atoms with Crippen LogP contribution in [0.15, 0.2) is 70.5 Å². The molecular weight excluding hydrogens is 586 g/mol. The van der Waals surface area contributed by atoms with Gasteiger partial charge in [-0.1, -0.05) is 6.07 Å². The summed E-state index contributed by atoms with van der Waals surface area (Å²) in [6, 6.07) is 10.5. The number of halogens is 2. The van der Waals surface area contributed by atoms with Gasteiger partial charge in [0.2, 0.25) is 0 Å². The van der Waals surface area contributed by atoms with E-state index in [1.54, 1.807) is 13.2 Å². The maximum atomic E-state index is 15.3. The molecule has 1 fully saturated rings. The predicted octanol–water partition coefficient (Wildman–Crippen LogP) is 4.62. The second-order valence-corrected chi connectivity index (χ2v) is 11.1. The Morgan fingerprint density at radius 3 is 2.60 bits per heavy atom. The second kappa shape index (κ2) is 12.4. The van der Waals surface area contributed by atoms with Crippen LogP contribution in [0.5, 0.6) is 11.5 Å². The van der Waals surface area contributed by atoms with E-state index in [0.29, 0.717) is 41.3 Å². The predicted molar refractivity (Wildman–Crippen MR) is 162 cm³/mol. The van der Waals surface area contributed by atoms with E-state index >= 15 is 4.39 Å². The molecule has 1 aliphatic rings. The molecule has 0 amide bonds. The van der Waals surface area contributed by atoms with Crippen molar-refractivity contribution >= 4 is 22.6 Å². The fourth-order valence-corrected chi connectivity index (χ4v) is 5.09. The normalized spacial score (nSPS) is 13.6. The van der Waals surface area contributed by atoms with Gasteiger partial charge in [-0.05, 0) is 67.6 Å². The Hall–Kier alpha value is -5.17. The third-order valence-corrected chi connectivity index (χ3v) is 7.50. The zero-order chi connectivity index (χ0) is 31.7. The number of Topliss-reactive ketones (excluding diaryl/α,β-unsaturated/α-hetero) is 1. The number of ether oxygens (including phenoxy) is 2. The molecule has 0 saturated heterocycles. The van der Waals surface area contributed by atoms with Crippen molar-refractivity contribution in [1.82, 2.24) is 24.3 Å². The summed E-state index contributed by atoms with van der Waals surface area (Å²) in [6.45, 7) is 2.70. The minimum absolute atomic E-state index is 0.0732. The summed E-state index contributed by atoms with van der Waals surface area (Å²) >= 11 is 0. The number of methoxy groups -OCH3 is 1. The lowest BCUT2D eigenvalue weighted by Gasteiger charge is -2.14. The van der Waals surface area contributed by atoms with E-state index in [1.807, 2.05) is 6.92 Å². The average Bonchev–Trinajstić information content (AvgIpc) is 3.74. The van der Waals surface area contributed by atoms with Crippen LogP contribution >= 0.6 is 0 Å². The summed E-state index contributed by atoms with van der Waals surface area (Å²) in [6.07, 6.45) is 4.36. The van der Waals surface area contributed by atoms with E-state index in [1.165, 1.54) is 47.3 Å². The summed E-state index contributed by atoms with van der Waals surface area (Å²) in [5.41, 5.74) is -0.769. The van der Waals surface area contributed by atoms with Crippen LogP contribution in [-0.4, -0.2) is 49.9 Å². The first-order valence-corrected chi connectivity index (χ1v) is 14.4. The number of nitrogens with zero attached hydrogens (tertiary/aromatic N) is 4. The van der Waals surface area contributed by atoms with E-state index in [4.69, 9.17) is 9.47 Å². The van der Waals surface area contributed by atoms with Gasteiger partial charge in [0.05, 0.1) is 12.3 Å². The molecule has 1 saturated carbocycles. The van der Waals surface area contributed by atoms with Gasteiger partial charge in [-0.2, -0.15) is 5.10 Å². The van der Waals surface area contributed by atoms with Gasteiger partial charge >= 0.3 is 5.69 Å². The van der Waals surface area contributed by atoms with E-state index in [9.17, 15) is 18.8 Å². The van der Waals surface area contributed by atoms with Crippen molar-refractivity contribution in [3.63, 3.8) is 0 Å². The van der Waals surface area contributed by atoms with Crippen molar-refractivity contribution in [2.75, 3.05) is 19.0 Å². The molecule has 232 valence electrons. The third kappa shape index (κ3) is 6.38. The van der Waals surface area contributed by atoms with Crippen LogP contribution in [-0.2, 0) is 17.7 Å². The van der Waals surface area contributed by atoms with Crippen molar-refractivity contribution in [1.29, 1.82) is 0 Å². The molecule has 0 unspecified atom stereocenters. The highest BCUT2D eigenvalue weighted by Gasteiger charge is 2.25. The highest BCUT2D eigenvalue weighted by atomic mass is 19.1. The fraction of sp³-hybridized carbons (Fsp3) is 0.281. The van der Waals surface area contributed by atoms with Gasteiger partial charge in [-0.3, -0.25) is 19.3 Å². The van der Waals surface area contributed by atoms with Crippen LogP contribution in [0.25, 0.3) is 16.7 Å². The topological polar surface area (TPSA) is 133 Å². The SMILES string of the molecule is COC[C@@H](C)Nc1n[nH]c2nccc(Oc3ccc(CC(=O)c4cn(CC5CC5)c(=O)n(-c5ccc(F)cc5)c4=O)cc3F)c12. The molecule has 2 aromatic carbocycles. The maximum Gasteiger partial charge on any atom is 0.335 e. The second-order valence-electron chi connectivity index (χ2n) is 11.1. The number of aromatic amines is 1. The zero-order valence-corrected chi connectivity index (χ0v) is 24.5. The Balaban J connectivity index is 1.27. The molecule has 11 nitrogen and oxygen atoms in total. The van der Waals surface area contributed by atoms with Gasteiger partial charge in [-0.15, -0.1) is 0 Å². The average molecular weight is 617 g/mol. The highest BCUT2D eigenvalue weighted by molar-refractivity contribution is 5.97. The standard InChI is InChI=1S/C32H30F2N6O5/c1-18(17-44-2)36-30-28-27(11-12-35-29(28)37-38-30)45-26-10-5-20(13-24(26)34)14-25(41)23-16-39(15-19-3-4-19)32(43)40(31(23)42)22-8-6-21(33)7-9-22/h5-13,16,18-19H,3-4,14-15,17H2,1-2H3,(H2,35,36,37,38)/t18-/m1/s1. The minimum atomic E-state index is -0.824. The largest absolute Gasteiger partial charge is 0.453 e. The first kappa shape index (κ1) is 29.9. The molecule has 45 heavy (non-hydrogen) atoms. The first-order chi connectivity index (χ1) is 21.7. The smallest absolute Gasteiger partial charge is 0.335 e. The Bertz CT molecular complexity index is 2000. The number of aromatic nitrogens is 5. The quantitative estimate of drug-likeness (QED) is 0.194. The van der Waals surface area contributed by atoms with Gasteiger partial charge in [-0.25, -0.2) is 23.1 Å². The Kier molecular flexibility index (Phi) is 8.26. The molecule has 6 rings (SSSR count). The molecule has 0 radical (unpaired) electrons. The van der Waals surface area contributed by atoms with Gasteiger partial charge in [0, 0.05) is 44.6 Å². The number of rotatable bonds is 12. The van der Waals surface area contributed by atoms with Crippen LogP contribution in [0.2, 0.25) is 0 Å². The van der Waals surface area contributed by atoms with Crippen molar-refractivity contribution in [3.8, 4) is 17.2 Å². The molecule has 3 aromatic heterocycles. The lowest BCUT2D eigenvalue weighted by atomic mass is 10.0. The number of anilines is 1. The summed E-state index contributed by atoms with van der Waals surface area (Å²) < 4.78 is 42.2. The molecular formula is C32H30F2N6O5. The molecule has 0 aliphatic heterocycles. The van der Waals surface area contributed by atoms with Gasteiger partial charge in [0.25, 0.3) is 5.56 Å². The number of H-pyrrole nitrogens is 1. The van der Waals surface area contributed by atoms with Crippen LogP contribution in [0.3, 0.4) is 0 Å². The number of fused-ring (bicyclic) bond motifs is 1. The summed E-state index contributed by atoms with van der Waals surface area (Å²) in [7, 11) is 1.59. The number of carbonyl (C=O) groups excluding carboxylic acids is 1. The number of hydrogen-bond donors (Lipinski definition) is 2. The maximum absolute atomic E-state index is 15.3. The monoisotopic (exact) mass is 616 g/mol. The number of ketones is 1. The van der Waals surface area contributed by atoms with Crippen molar-refractivity contribution in [3.05, 3.63) is 105 Å². The van der Waals surface area contributed by atoms with Crippen LogP contribution in [0, 0.1) is 17.6 Å². The van der Waals surface area contributed by atoms with Crippen LogP contribution in [0.4, 0.5) is 14.6 Å². The Morgan fingerprint density at radius 1 is 1.11 bits per heavy atom. The molecule has 0 spiro atoms. The molecule has 1 aliphatic carbocycles. The number of nitrogens with one attached hydrogen (secondary N) is 2. The third-order valence-electron chi connectivity index (χ3n) is 7.50. The molecule has 13 heteroatoms.